The molecule has 2 atom stereocenters. The molecule has 2 heterocycles. The van der Waals surface area contributed by atoms with E-state index in [1.807, 2.05) is 0 Å². The minimum absolute atomic E-state index is 0.0296. The Balaban J connectivity index is 1.91. The first kappa shape index (κ1) is 17.0. The molecule has 1 aromatic heterocycles. The second kappa shape index (κ2) is 6.60. The van der Waals surface area contributed by atoms with Gasteiger partial charge >= 0.3 is 12.1 Å². The van der Waals surface area contributed by atoms with Crippen molar-refractivity contribution in [3.63, 3.8) is 0 Å². The summed E-state index contributed by atoms with van der Waals surface area (Å²) >= 11 is 6.06. The van der Waals surface area contributed by atoms with E-state index in [0.717, 1.165) is 4.90 Å². The van der Waals surface area contributed by atoms with Crippen LogP contribution in [0.1, 0.15) is 6.42 Å². The molecule has 0 saturated carbocycles. The monoisotopic (exact) mass is 367 g/mol. The van der Waals surface area contributed by atoms with Gasteiger partial charge < -0.3 is 19.7 Å². The number of benzene rings is 1. The SMILES string of the molecule is COc1cc2ncnc(Cl)c2cc1O[C@@H]1C[C@@H](C(=O)O)N(C(=O)O)C1. The van der Waals surface area contributed by atoms with E-state index in [1.165, 1.54) is 13.4 Å². The number of halogens is 1. The molecule has 0 aliphatic carbocycles. The quantitative estimate of drug-likeness (QED) is 0.785. The molecular weight excluding hydrogens is 354 g/mol. The molecular formula is C15H14ClN3O6. The van der Waals surface area contributed by atoms with E-state index in [4.69, 9.17) is 26.2 Å². The lowest BCUT2D eigenvalue weighted by Gasteiger charge is -2.17. The summed E-state index contributed by atoms with van der Waals surface area (Å²) in [5.74, 6) is -0.522. The van der Waals surface area contributed by atoms with Crippen molar-refractivity contribution >= 4 is 34.6 Å². The lowest BCUT2D eigenvalue weighted by atomic mass is 10.2. The normalized spacial score (nSPS) is 19.8. The molecule has 132 valence electrons. The van der Waals surface area contributed by atoms with E-state index in [-0.39, 0.29) is 18.1 Å². The molecule has 1 aliphatic heterocycles. The van der Waals surface area contributed by atoms with Crippen LogP contribution in [0.15, 0.2) is 18.5 Å². The van der Waals surface area contributed by atoms with Gasteiger partial charge in [0.15, 0.2) is 11.5 Å². The lowest BCUT2D eigenvalue weighted by molar-refractivity contribution is -0.141. The lowest BCUT2D eigenvalue weighted by Crippen LogP contribution is -2.39. The summed E-state index contributed by atoms with van der Waals surface area (Å²) in [7, 11) is 1.45. The number of carboxylic acids is 1. The number of hydrogen-bond acceptors (Lipinski definition) is 6. The zero-order valence-corrected chi connectivity index (χ0v) is 13.8. The molecule has 0 spiro atoms. The molecule has 1 amide bonds. The number of aliphatic carboxylic acids is 1. The fourth-order valence-electron chi connectivity index (χ4n) is 2.79. The van der Waals surface area contributed by atoms with Gasteiger partial charge in [-0.3, -0.25) is 4.90 Å². The summed E-state index contributed by atoms with van der Waals surface area (Å²) in [6.45, 7) is -0.0630. The summed E-state index contributed by atoms with van der Waals surface area (Å²) < 4.78 is 11.1. The van der Waals surface area contributed by atoms with Crippen LogP contribution in [0.3, 0.4) is 0 Å². The van der Waals surface area contributed by atoms with E-state index in [1.54, 1.807) is 12.1 Å². The van der Waals surface area contributed by atoms with Gasteiger partial charge in [-0.15, -0.1) is 0 Å². The van der Waals surface area contributed by atoms with Gasteiger partial charge in [0.05, 0.1) is 19.2 Å². The van der Waals surface area contributed by atoms with Crippen molar-refractivity contribution in [1.29, 1.82) is 0 Å². The number of ether oxygens (including phenoxy) is 2. The summed E-state index contributed by atoms with van der Waals surface area (Å²) in [4.78, 5) is 31.3. The topological polar surface area (TPSA) is 122 Å². The standard InChI is InChI=1S/C15H14ClN3O6/c1-24-11-4-9-8(13(16)18-6-17-9)3-12(11)25-7-2-10(14(20)21)19(5-7)15(22)23/h3-4,6-7,10H,2,5H2,1H3,(H,20,21)(H,22,23)/t7-,10+/m1/s1. The molecule has 0 bridgehead atoms. The van der Waals surface area contributed by atoms with Crippen LogP contribution >= 0.6 is 11.6 Å². The van der Waals surface area contributed by atoms with Crippen LogP contribution in [0.2, 0.25) is 5.15 Å². The highest BCUT2D eigenvalue weighted by Gasteiger charge is 2.41. The van der Waals surface area contributed by atoms with Gasteiger partial charge in [-0.2, -0.15) is 0 Å². The van der Waals surface area contributed by atoms with Gasteiger partial charge in [0, 0.05) is 17.9 Å². The maximum absolute atomic E-state index is 11.2. The van der Waals surface area contributed by atoms with Crippen molar-refractivity contribution in [2.75, 3.05) is 13.7 Å². The van der Waals surface area contributed by atoms with E-state index < -0.39 is 24.2 Å². The average molecular weight is 368 g/mol. The van der Waals surface area contributed by atoms with Crippen LogP contribution in [-0.2, 0) is 4.79 Å². The molecule has 1 aromatic carbocycles. The van der Waals surface area contributed by atoms with Gasteiger partial charge in [-0.05, 0) is 6.07 Å². The molecule has 10 heteroatoms. The van der Waals surface area contributed by atoms with Crippen LogP contribution < -0.4 is 9.47 Å². The van der Waals surface area contributed by atoms with Gasteiger partial charge in [-0.1, -0.05) is 11.6 Å². The van der Waals surface area contributed by atoms with Crippen LogP contribution in [-0.4, -0.2) is 62.9 Å². The van der Waals surface area contributed by atoms with Crippen molar-refractivity contribution in [2.24, 2.45) is 0 Å². The highest BCUT2D eigenvalue weighted by molar-refractivity contribution is 6.34. The number of carboxylic acid groups (broad SMARTS) is 2. The first-order valence-electron chi connectivity index (χ1n) is 7.28. The number of nitrogens with zero attached hydrogens (tertiary/aromatic N) is 3. The van der Waals surface area contributed by atoms with E-state index in [2.05, 4.69) is 9.97 Å². The Kier molecular flexibility index (Phi) is 4.49. The maximum Gasteiger partial charge on any atom is 0.408 e. The van der Waals surface area contributed by atoms with Crippen LogP contribution in [0.4, 0.5) is 4.79 Å². The molecule has 0 radical (unpaired) electrons. The largest absolute Gasteiger partial charge is 0.493 e. The minimum atomic E-state index is -1.31. The average Bonchev–Trinajstić information content (AvgIpc) is 2.99. The summed E-state index contributed by atoms with van der Waals surface area (Å²) in [5, 5.41) is 19.1. The minimum Gasteiger partial charge on any atom is -0.493 e. The molecule has 1 fully saturated rings. The predicted molar refractivity (Wildman–Crippen MR) is 86.3 cm³/mol. The van der Waals surface area contributed by atoms with Gasteiger partial charge in [-0.25, -0.2) is 19.6 Å². The number of fused-ring (bicyclic) bond motifs is 1. The predicted octanol–water partition coefficient (Wildman–Crippen LogP) is 1.88. The Morgan fingerprint density at radius 1 is 1.28 bits per heavy atom. The highest BCUT2D eigenvalue weighted by Crippen LogP contribution is 2.35. The summed E-state index contributed by atoms with van der Waals surface area (Å²) in [5.41, 5.74) is 0.561. The Morgan fingerprint density at radius 2 is 2.04 bits per heavy atom. The number of aromatic nitrogens is 2. The third-order valence-electron chi connectivity index (χ3n) is 3.96. The molecule has 3 rings (SSSR count). The third-order valence-corrected chi connectivity index (χ3v) is 4.26. The smallest absolute Gasteiger partial charge is 0.408 e. The van der Waals surface area contributed by atoms with Crippen LogP contribution in [0, 0.1) is 0 Å². The first-order valence-corrected chi connectivity index (χ1v) is 7.65. The summed E-state index contributed by atoms with van der Waals surface area (Å²) in [6.07, 6.45) is -0.585. The number of likely N-dealkylation sites (tertiary alicyclic amines) is 1. The highest BCUT2D eigenvalue weighted by atomic mass is 35.5. The van der Waals surface area contributed by atoms with E-state index >= 15 is 0 Å². The Bertz CT molecular complexity index is 823. The molecule has 2 N–H and O–H groups in total. The number of hydrogen-bond donors (Lipinski definition) is 2. The number of carbonyl (C=O) groups is 2. The van der Waals surface area contributed by atoms with Crippen molar-refractivity contribution in [1.82, 2.24) is 14.9 Å². The number of amides is 1. The van der Waals surface area contributed by atoms with Crippen molar-refractivity contribution in [3.8, 4) is 11.5 Å². The zero-order valence-electron chi connectivity index (χ0n) is 13.0. The van der Waals surface area contributed by atoms with Gasteiger partial charge in [0.1, 0.15) is 23.6 Å². The fraction of sp³-hybridized carbons (Fsp3) is 0.333. The number of rotatable bonds is 4. The Hall–Kier alpha value is -2.81. The fourth-order valence-corrected chi connectivity index (χ4v) is 2.99. The molecule has 0 unspecified atom stereocenters. The first-order chi connectivity index (χ1) is 11.9. The zero-order chi connectivity index (χ0) is 18.1. The van der Waals surface area contributed by atoms with Crippen molar-refractivity contribution in [3.05, 3.63) is 23.6 Å². The molecule has 9 nitrogen and oxygen atoms in total. The second-order valence-electron chi connectivity index (χ2n) is 5.45. The summed E-state index contributed by atoms with van der Waals surface area (Å²) in [6, 6.07) is 2.06. The molecule has 25 heavy (non-hydrogen) atoms. The van der Waals surface area contributed by atoms with Gasteiger partial charge in [0.25, 0.3) is 0 Å². The van der Waals surface area contributed by atoms with E-state index in [0.29, 0.717) is 22.4 Å². The maximum atomic E-state index is 11.2. The van der Waals surface area contributed by atoms with Crippen molar-refractivity contribution < 1.29 is 29.3 Å². The molecule has 1 aliphatic rings. The van der Waals surface area contributed by atoms with Crippen LogP contribution in [0.25, 0.3) is 10.9 Å². The van der Waals surface area contributed by atoms with Crippen LogP contribution in [0.5, 0.6) is 11.5 Å². The second-order valence-corrected chi connectivity index (χ2v) is 5.81. The number of methoxy groups -OCH3 is 1. The van der Waals surface area contributed by atoms with Crippen molar-refractivity contribution in [2.45, 2.75) is 18.6 Å². The third kappa shape index (κ3) is 3.22. The molecule has 2 aromatic rings. The molecule has 1 saturated heterocycles. The Morgan fingerprint density at radius 3 is 2.64 bits per heavy atom. The van der Waals surface area contributed by atoms with Gasteiger partial charge in [0.2, 0.25) is 0 Å². The Labute approximate surface area is 146 Å². The van der Waals surface area contributed by atoms with E-state index in [9.17, 15) is 14.7 Å².